The molecule has 1 aromatic rings. The number of rotatable bonds is 8. The summed E-state index contributed by atoms with van der Waals surface area (Å²) < 4.78 is 5.29. The van der Waals surface area contributed by atoms with Crippen molar-refractivity contribution in [1.29, 1.82) is 0 Å². The molecule has 6 nitrogen and oxygen atoms in total. The lowest BCUT2D eigenvalue weighted by atomic mass is 10.0. The molecular weight excluding hydrogens is 314 g/mol. The number of pyridine rings is 1. The maximum absolute atomic E-state index is 5.29. The van der Waals surface area contributed by atoms with Crippen molar-refractivity contribution in [3.8, 4) is 5.88 Å². The number of piperidine rings is 1. The molecule has 1 saturated heterocycles. The Kier molecular flexibility index (Phi) is 8.52. The SMILES string of the molecule is CCNC(=NCc1cccnc1OC)NCCCN1CCCCC1C. The minimum absolute atomic E-state index is 0.551. The zero-order chi connectivity index (χ0) is 17.9. The van der Waals surface area contributed by atoms with Crippen molar-refractivity contribution >= 4 is 5.96 Å². The summed E-state index contributed by atoms with van der Waals surface area (Å²) in [6, 6.07) is 4.64. The maximum Gasteiger partial charge on any atom is 0.218 e. The van der Waals surface area contributed by atoms with Crippen LogP contribution in [0.2, 0.25) is 0 Å². The van der Waals surface area contributed by atoms with E-state index in [0.29, 0.717) is 12.4 Å². The Morgan fingerprint density at radius 3 is 3.04 bits per heavy atom. The molecule has 0 spiro atoms. The zero-order valence-corrected chi connectivity index (χ0v) is 15.9. The van der Waals surface area contributed by atoms with E-state index in [2.05, 4.69) is 39.4 Å². The van der Waals surface area contributed by atoms with Gasteiger partial charge in [-0.2, -0.15) is 0 Å². The van der Waals surface area contributed by atoms with Gasteiger partial charge in [0.25, 0.3) is 0 Å². The summed E-state index contributed by atoms with van der Waals surface area (Å²) in [5, 5.41) is 6.74. The van der Waals surface area contributed by atoms with Crippen LogP contribution in [0.4, 0.5) is 0 Å². The van der Waals surface area contributed by atoms with Crippen LogP contribution in [-0.4, -0.2) is 55.2 Å². The lowest BCUT2D eigenvalue weighted by Crippen LogP contribution is -2.41. The van der Waals surface area contributed by atoms with E-state index < -0.39 is 0 Å². The topological polar surface area (TPSA) is 61.8 Å². The molecule has 1 fully saturated rings. The number of aromatic nitrogens is 1. The van der Waals surface area contributed by atoms with Gasteiger partial charge in [-0.3, -0.25) is 0 Å². The van der Waals surface area contributed by atoms with E-state index in [4.69, 9.17) is 4.74 Å². The molecule has 2 N–H and O–H groups in total. The molecule has 2 rings (SSSR count). The van der Waals surface area contributed by atoms with Crippen LogP contribution in [0.5, 0.6) is 5.88 Å². The van der Waals surface area contributed by atoms with E-state index in [-0.39, 0.29) is 0 Å². The van der Waals surface area contributed by atoms with E-state index in [1.54, 1.807) is 13.3 Å². The second-order valence-electron chi connectivity index (χ2n) is 6.53. The number of hydrogen-bond acceptors (Lipinski definition) is 4. The van der Waals surface area contributed by atoms with Gasteiger partial charge in [-0.25, -0.2) is 9.98 Å². The first kappa shape index (κ1) is 19.5. The van der Waals surface area contributed by atoms with Crippen LogP contribution in [0.1, 0.15) is 45.1 Å². The first-order valence-electron chi connectivity index (χ1n) is 9.48. The first-order valence-corrected chi connectivity index (χ1v) is 9.48. The molecule has 0 aromatic carbocycles. The summed E-state index contributed by atoms with van der Waals surface area (Å²) in [6.45, 7) is 9.16. The van der Waals surface area contributed by atoms with Gasteiger partial charge >= 0.3 is 0 Å². The molecule has 0 bridgehead atoms. The largest absolute Gasteiger partial charge is 0.481 e. The van der Waals surface area contributed by atoms with Crippen molar-refractivity contribution in [3.63, 3.8) is 0 Å². The standard InChI is InChI=1S/C19H33N5O/c1-4-20-19(23-15-17-10-7-11-21-18(17)25-3)22-12-8-14-24-13-6-5-9-16(24)2/h7,10-11,16H,4-6,8-9,12-15H2,1-3H3,(H2,20,22,23). The molecular formula is C19H33N5O. The van der Waals surface area contributed by atoms with Crippen LogP contribution in [0.15, 0.2) is 23.3 Å². The van der Waals surface area contributed by atoms with Crippen LogP contribution < -0.4 is 15.4 Å². The highest BCUT2D eigenvalue weighted by molar-refractivity contribution is 5.79. The number of methoxy groups -OCH3 is 1. The fraction of sp³-hybridized carbons (Fsp3) is 0.684. The molecule has 0 saturated carbocycles. The Labute approximate surface area is 152 Å². The Morgan fingerprint density at radius 2 is 2.28 bits per heavy atom. The Morgan fingerprint density at radius 1 is 1.40 bits per heavy atom. The fourth-order valence-electron chi connectivity index (χ4n) is 3.21. The highest BCUT2D eigenvalue weighted by atomic mass is 16.5. The molecule has 0 aliphatic carbocycles. The molecule has 1 aromatic heterocycles. The molecule has 1 aliphatic rings. The van der Waals surface area contributed by atoms with Gasteiger partial charge in [0.15, 0.2) is 5.96 Å². The van der Waals surface area contributed by atoms with Crippen molar-refractivity contribution in [2.45, 2.75) is 52.1 Å². The summed E-state index contributed by atoms with van der Waals surface area (Å²) in [7, 11) is 1.64. The van der Waals surface area contributed by atoms with Gasteiger partial charge in [0.1, 0.15) is 0 Å². The number of hydrogen-bond donors (Lipinski definition) is 2. The van der Waals surface area contributed by atoms with Crippen LogP contribution in [0.25, 0.3) is 0 Å². The molecule has 0 amide bonds. The highest BCUT2D eigenvalue weighted by Gasteiger charge is 2.17. The first-order chi connectivity index (χ1) is 12.2. The lowest BCUT2D eigenvalue weighted by Gasteiger charge is -2.33. The summed E-state index contributed by atoms with van der Waals surface area (Å²) in [4.78, 5) is 11.5. The molecule has 1 aliphatic heterocycles. The van der Waals surface area contributed by atoms with E-state index in [9.17, 15) is 0 Å². The molecule has 2 heterocycles. The molecule has 25 heavy (non-hydrogen) atoms. The lowest BCUT2D eigenvalue weighted by molar-refractivity contribution is 0.159. The average molecular weight is 348 g/mol. The summed E-state index contributed by atoms with van der Waals surface area (Å²) in [6.07, 6.45) is 6.92. The quantitative estimate of drug-likeness (QED) is 0.430. The van der Waals surface area contributed by atoms with Crippen molar-refractivity contribution in [2.24, 2.45) is 4.99 Å². The maximum atomic E-state index is 5.29. The average Bonchev–Trinajstić information content (AvgIpc) is 2.64. The van der Waals surface area contributed by atoms with Crippen molar-refractivity contribution < 1.29 is 4.74 Å². The summed E-state index contributed by atoms with van der Waals surface area (Å²) >= 11 is 0. The second kappa shape index (κ2) is 10.9. The van der Waals surface area contributed by atoms with E-state index in [0.717, 1.165) is 43.6 Å². The van der Waals surface area contributed by atoms with Gasteiger partial charge in [-0.15, -0.1) is 0 Å². The van der Waals surface area contributed by atoms with Crippen molar-refractivity contribution in [2.75, 3.05) is 33.3 Å². The smallest absolute Gasteiger partial charge is 0.218 e. The normalized spacial score (nSPS) is 18.8. The Hall–Kier alpha value is -1.82. The van der Waals surface area contributed by atoms with E-state index in [1.165, 1.54) is 25.8 Å². The molecule has 6 heteroatoms. The third kappa shape index (κ3) is 6.53. The van der Waals surface area contributed by atoms with Crippen LogP contribution in [-0.2, 0) is 6.54 Å². The van der Waals surface area contributed by atoms with E-state index in [1.807, 2.05) is 12.1 Å². The van der Waals surface area contributed by atoms with Gasteiger partial charge in [-0.1, -0.05) is 12.5 Å². The molecule has 0 radical (unpaired) electrons. The van der Waals surface area contributed by atoms with Gasteiger partial charge in [0, 0.05) is 37.4 Å². The number of ether oxygens (including phenoxy) is 1. The van der Waals surface area contributed by atoms with Gasteiger partial charge in [-0.05, 0) is 45.7 Å². The predicted octanol–water partition coefficient (Wildman–Crippen LogP) is 2.41. The highest BCUT2D eigenvalue weighted by Crippen LogP contribution is 2.16. The molecule has 1 unspecified atom stereocenters. The van der Waals surface area contributed by atoms with Gasteiger partial charge < -0.3 is 20.3 Å². The number of nitrogens with zero attached hydrogens (tertiary/aromatic N) is 3. The fourth-order valence-corrected chi connectivity index (χ4v) is 3.21. The Bertz CT molecular complexity index is 534. The number of aliphatic imine (C=N–C) groups is 1. The Balaban J connectivity index is 1.79. The minimum atomic E-state index is 0.551. The molecule has 140 valence electrons. The van der Waals surface area contributed by atoms with Crippen LogP contribution in [0, 0.1) is 0 Å². The monoisotopic (exact) mass is 347 g/mol. The zero-order valence-electron chi connectivity index (χ0n) is 15.9. The number of guanidine groups is 1. The van der Waals surface area contributed by atoms with Crippen LogP contribution in [0.3, 0.4) is 0 Å². The number of likely N-dealkylation sites (tertiary alicyclic amines) is 1. The van der Waals surface area contributed by atoms with Crippen molar-refractivity contribution in [3.05, 3.63) is 23.9 Å². The summed E-state index contributed by atoms with van der Waals surface area (Å²) in [5.74, 6) is 1.49. The third-order valence-corrected chi connectivity index (χ3v) is 4.65. The third-order valence-electron chi connectivity index (χ3n) is 4.65. The number of nitrogens with one attached hydrogen (secondary N) is 2. The van der Waals surface area contributed by atoms with E-state index >= 15 is 0 Å². The van der Waals surface area contributed by atoms with Crippen molar-refractivity contribution in [1.82, 2.24) is 20.5 Å². The van der Waals surface area contributed by atoms with Gasteiger partial charge in [0.05, 0.1) is 13.7 Å². The van der Waals surface area contributed by atoms with Crippen LogP contribution >= 0.6 is 0 Å². The predicted molar refractivity (Wildman–Crippen MR) is 103 cm³/mol. The minimum Gasteiger partial charge on any atom is -0.481 e. The summed E-state index contributed by atoms with van der Waals surface area (Å²) in [5.41, 5.74) is 0.990. The second-order valence-corrected chi connectivity index (χ2v) is 6.53. The molecule has 1 atom stereocenters. The van der Waals surface area contributed by atoms with Gasteiger partial charge in [0.2, 0.25) is 5.88 Å².